The quantitative estimate of drug-likeness (QED) is 0.783. The Hall–Kier alpha value is -1.42. The van der Waals surface area contributed by atoms with Gasteiger partial charge >= 0.3 is 0 Å². The van der Waals surface area contributed by atoms with Crippen LogP contribution in [0.5, 0.6) is 5.75 Å². The van der Waals surface area contributed by atoms with Crippen molar-refractivity contribution in [2.45, 2.75) is 31.4 Å². The third-order valence-corrected chi connectivity index (χ3v) is 4.56. The van der Waals surface area contributed by atoms with Crippen molar-refractivity contribution in [2.75, 3.05) is 19.4 Å². The van der Waals surface area contributed by atoms with E-state index in [9.17, 15) is 4.79 Å². The molecule has 1 amide bonds. The van der Waals surface area contributed by atoms with Gasteiger partial charge in [-0.3, -0.25) is 4.79 Å². The second kappa shape index (κ2) is 8.78. The lowest BCUT2D eigenvalue weighted by Crippen LogP contribution is -2.27. The topological polar surface area (TPSA) is 38.3 Å². The SMILES string of the molecule is COc1ccc(CSCC(=O)NCC2=CCCCC2)cc1. The first-order chi connectivity index (χ1) is 10.3. The first-order valence-electron chi connectivity index (χ1n) is 7.43. The second-order valence-corrected chi connectivity index (χ2v) is 6.21. The highest BCUT2D eigenvalue weighted by Gasteiger charge is 2.06. The molecule has 1 aliphatic carbocycles. The lowest BCUT2D eigenvalue weighted by Gasteiger charge is -2.13. The number of nitrogens with one attached hydrogen (secondary N) is 1. The molecule has 1 aromatic carbocycles. The Kier molecular flexibility index (Phi) is 6.67. The zero-order valence-electron chi connectivity index (χ0n) is 12.6. The molecule has 0 fully saturated rings. The molecule has 0 bridgehead atoms. The fourth-order valence-electron chi connectivity index (χ4n) is 2.31. The highest BCUT2D eigenvalue weighted by Crippen LogP contribution is 2.17. The summed E-state index contributed by atoms with van der Waals surface area (Å²) < 4.78 is 5.13. The average molecular weight is 305 g/mol. The Balaban J connectivity index is 1.63. The van der Waals surface area contributed by atoms with E-state index >= 15 is 0 Å². The Morgan fingerprint density at radius 3 is 2.76 bits per heavy atom. The summed E-state index contributed by atoms with van der Waals surface area (Å²) in [6.07, 6.45) is 7.12. The molecule has 0 unspecified atom stereocenters. The Morgan fingerprint density at radius 1 is 1.29 bits per heavy atom. The van der Waals surface area contributed by atoms with Crippen LogP contribution in [0.15, 0.2) is 35.9 Å². The minimum Gasteiger partial charge on any atom is -0.497 e. The minimum absolute atomic E-state index is 0.125. The van der Waals surface area contributed by atoms with Crippen LogP contribution in [-0.2, 0) is 10.5 Å². The van der Waals surface area contributed by atoms with Crippen molar-refractivity contribution in [3.63, 3.8) is 0 Å². The van der Waals surface area contributed by atoms with Crippen molar-refractivity contribution in [3.8, 4) is 5.75 Å². The van der Waals surface area contributed by atoms with Crippen LogP contribution in [0, 0.1) is 0 Å². The van der Waals surface area contributed by atoms with Crippen LogP contribution in [-0.4, -0.2) is 25.3 Å². The molecule has 21 heavy (non-hydrogen) atoms. The van der Waals surface area contributed by atoms with Gasteiger partial charge in [0.25, 0.3) is 0 Å². The van der Waals surface area contributed by atoms with Gasteiger partial charge in [0.05, 0.1) is 12.9 Å². The monoisotopic (exact) mass is 305 g/mol. The van der Waals surface area contributed by atoms with Gasteiger partial charge in [0.15, 0.2) is 0 Å². The zero-order valence-corrected chi connectivity index (χ0v) is 13.4. The summed E-state index contributed by atoms with van der Waals surface area (Å²) in [5, 5.41) is 3.01. The van der Waals surface area contributed by atoms with Crippen molar-refractivity contribution >= 4 is 17.7 Å². The molecule has 2 rings (SSSR count). The predicted molar refractivity (Wildman–Crippen MR) is 88.7 cm³/mol. The van der Waals surface area contributed by atoms with Crippen molar-refractivity contribution < 1.29 is 9.53 Å². The van der Waals surface area contributed by atoms with E-state index in [0.29, 0.717) is 5.75 Å². The molecule has 0 aliphatic heterocycles. The Bertz CT molecular complexity index is 482. The fraction of sp³-hybridized carbons (Fsp3) is 0.471. The third kappa shape index (κ3) is 5.84. The maximum atomic E-state index is 11.8. The van der Waals surface area contributed by atoms with Crippen LogP contribution in [0.25, 0.3) is 0 Å². The molecule has 4 heteroatoms. The smallest absolute Gasteiger partial charge is 0.230 e. The number of carbonyl (C=O) groups excluding carboxylic acids is 1. The van der Waals surface area contributed by atoms with E-state index in [2.05, 4.69) is 11.4 Å². The minimum atomic E-state index is 0.125. The number of amides is 1. The van der Waals surface area contributed by atoms with Crippen LogP contribution in [0.2, 0.25) is 0 Å². The van der Waals surface area contributed by atoms with E-state index in [1.54, 1.807) is 18.9 Å². The van der Waals surface area contributed by atoms with Crippen molar-refractivity contribution in [3.05, 3.63) is 41.5 Å². The molecule has 114 valence electrons. The first-order valence-corrected chi connectivity index (χ1v) is 8.58. The van der Waals surface area contributed by atoms with Gasteiger partial charge in [-0.05, 0) is 43.4 Å². The van der Waals surface area contributed by atoms with Gasteiger partial charge in [-0.2, -0.15) is 0 Å². The highest BCUT2D eigenvalue weighted by molar-refractivity contribution is 7.99. The van der Waals surface area contributed by atoms with E-state index in [0.717, 1.165) is 30.9 Å². The van der Waals surface area contributed by atoms with Crippen molar-refractivity contribution in [1.82, 2.24) is 5.32 Å². The van der Waals surface area contributed by atoms with Crippen molar-refractivity contribution in [2.24, 2.45) is 0 Å². The molecule has 1 aliphatic rings. The summed E-state index contributed by atoms with van der Waals surface area (Å²) in [6.45, 7) is 0.724. The number of thioether (sulfide) groups is 1. The summed E-state index contributed by atoms with van der Waals surface area (Å²) in [5.41, 5.74) is 2.60. The fourth-order valence-corrected chi connectivity index (χ4v) is 3.13. The standard InChI is InChI=1S/C17H23NO2S/c1-20-16-9-7-15(8-10-16)12-21-13-17(19)18-11-14-5-3-2-4-6-14/h5,7-10H,2-4,6,11-13H2,1H3,(H,18,19). The molecule has 0 saturated heterocycles. The molecule has 0 spiro atoms. The second-order valence-electron chi connectivity index (χ2n) is 5.23. The largest absolute Gasteiger partial charge is 0.497 e. The lowest BCUT2D eigenvalue weighted by molar-refractivity contribution is -0.118. The van der Waals surface area contributed by atoms with Crippen LogP contribution >= 0.6 is 11.8 Å². The number of carbonyl (C=O) groups is 1. The molecule has 0 atom stereocenters. The first kappa shape index (κ1) is 16.0. The number of allylic oxidation sites excluding steroid dienone is 1. The molecule has 1 N–H and O–H groups in total. The molecule has 3 nitrogen and oxygen atoms in total. The van der Waals surface area contributed by atoms with Crippen LogP contribution in [0.3, 0.4) is 0 Å². The maximum absolute atomic E-state index is 11.8. The zero-order chi connectivity index (χ0) is 14.9. The van der Waals surface area contributed by atoms with Crippen LogP contribution < -0.4 is 10.1 Å². The van der Waals surface area contributed by atoms with E-state index < -0.39 is 0 Å². The highest BCUT2D eigenvalue weighted by atomic mass is 32.2. The van der Waals surface area contributed by atoms with Gasteiger partial charge in [-0.1, -0.05) is 23.8 Å². The van der Waals surface area contributed by atoms with Gasteiger partial charge in [0.2, 0.25) is 5.91 Å². The summed E-state index contributed by atoms with van der Waals surface area (Å²) >= 11 is 1.64. The Labute approximate surface area is 131 Å². The normalized spacial score (nSPS) is 14.4. The maximum Gasteiger partial charge on any atom is 0.230 e. The molecule has 1 aromatic rings. The Morgan fingerprint density at radius 2 is 2.10 bits per heavy atom. The van der Waals surface area contributed by atoms with E-state index in [1.807, 2.05) is 24.3 Å². The number of hydrogen-bond acceptors (Lipinski definition) is 3. The van der Waals surface area contributed by atoms with Gasteiger partial charge in [-0.25, -0.2) is 0 Å². The molecule has 0 saturated carbocycles. The number of ether oxygens (including phenoxy) is 1. The van der Waals surface area contributed by atoms with Gasteiger partial charge in [0.1, 0.15) is 5.75 Å². The number of methoxy groups -OCH3 is 1. The number of rotatable bonds is 7. The number of hydrogen-bond donors (Lipinski definition) is 1. The summed E-state index contributed by atoms with van der Waals surface area (Å²) in [7, 11) is 1.66. The summed E-state index contributed by atoms with van der Waals surface area (Å²) in [4.78, 5) is 11.8. The molecule has 0 aromatic heterocycles. The van der Waals surface area contributed by atoms with E-state index in [-0.39, 0.29) is 5.91 Å². The molecule has 0 radical (unpaired) electrons. The summed E-state index contributed by atoms with van der Waals surface area (Å²) in [5.74, 6) is 2.35. The molecule has 0 heterocycles. The average Bonchev–Trinajstić information content (AvgIpc) is 2.54. The number of benzene rings is 1. The van der Waals surface area contributed by atoms with E-state index in [4.69, 9.17) is 4.74 Å². The lowest BCUT2D eigenvalue weighted by atomic mass is 10.00. The van der Waals surface area contributed by atoms with Gasteiger partial charge < -0.3 is 10.1 Å². The third-order valence-electron chi connectivity index (χ3n) is 3.56. The molecular formula is C17H23NO2S. The van der Waals surface area contributed by atoms with Crippen LogP contribution in [0.4, 0.5) is 0 Å². The van der Waals surface area contributed by atoms with Gasteiger partial charge in [-0.15, -0.1) is 11.8 Å². The van der Waals surface area contributed by atoms with Crippen molar-refractivity contribution in [1.29, 1.82) is 0 Å². The molecular weight excluding hydrogens is 282 g/mol. The predicted octanol–water partition coefficient (Wildman–Crippen LogP) is 3.55. The van der Waals surface area contributed by atoms with Crippen LogP contribution in [0.1, 0.15) is 31.2 Å². The van der Waals surface area contributed by atoms with E-state index in [1.165, 1.54) is 24.0 Å². The van der Waals surface area contributed by atoms with Gasteiger partial charge in [0, 0.05) is 12.3 Å². The summed E-state index contributed by atoms with van der Waals surface area (Å²) in [6, 6.07) is 7.98.